The fourth-order valence-corrected chi connectivity index (χ4v) is 4.24. The summed E-state index contributed by atoms with van der Waals surface area (Å²) in [6, 6.07) is 3.61. The predicted molar refractivity (Wildman–Crippen MR) is 73.4 cm³/mol. The van der Waals surface area contributed by atoms with E-state index in [4.69, 9.17) is 0 Å². The maximum absolute atomic E-state index is 12.7. The van der Waals surface area contributed by atoms with Gasteiger partial charge in [0.25, 0.3) is 10.0 Å². The maximum atomic E-state index is 12.7. The molecule has 1 fully saturated rings. The quantitative estimate of drug-likeness (QED) is 0.932. The van der Waals surface area contributed by atoms with Gasteiger partial charge in [0.15, 0.2) is 5.03 Å². The van der Waals surface area contributed by atoms with Crippen LogP contribution in [0.15, 0.2) is 35.7 Å². The highest BCUT2D eigenvalue weighted by molar-refractivity contribution is 7.89. The number of H-pyrrole nitrogens is 1. The molecule has 1 aliphatic heterocycles. The number of hydrogen-bond acceptors (Lipinski definition) is 4. The van der Waals surface area contributed by atoms with Crippen LogP contribution >= 0.6 is 0 Å². The summed E-state index contributed by atoms with van der Waals surface area (Å²) < 4.78 is 26.9. The number of hydrogen-bond donors (Lipinski definition) is 1. The van der Waals surface area contributed by atoms with Gasteiger partial charge in [-0.3, -0.25) is 4.98 Å². The van der Waals surface area contributed by atoms with E-state index in [1.807, 2.05) is 12.1 Å². The Morgan fingerprint density at radius 1 is 1.40 bits per heavy atom. The second-order valence-corrected chi connectivity index (χ2v) is 6.75. The SMILES string of the molecule is Cc1ncc(S(=O)(=O)N2CCCC2c2cccnc2)[nH]1. The monoisotopic (exact) mass is 292 g/mol. The lowest BCUT2D eigenvalue weighted by atomic mass is 10.1. The van der Waals surface area contributed by atoms with Crippen LogP contribution in [0.25, 0.3) is 0 Å². The molecule has 0 radical (unpaired) electrons. The molecule has 2 aromatic rings. The van der Waals surface area contributed by atoms with Crippen LogP contribution in [0.4, 0.5) is 0 Å². The van der Waals surface area contributed by atoms with Crippen LogP contribution in [0.2, 0.25) is 0 Å². The van der Waals surface area contributed by atoms with Gasteiger partial charge in [-0.1, -0.05) is 6.07 Å². The number of aromatic nitrogens is 3. The van der Waals surface area contributed by atoms with E-state index in [9.17, 15) is 8.42 Å². The van der Waals surface area contributed by atoms with E-state index in [2.05, 4.69) is 15.0 Å². The molecular formula is C13H16N4O2S. The van der Waals surface area contributed by atoms with Gasteiger partial charge in [0.1, 0.15) is 5.82 Å². The van der Waals surface area contributed by atoms with Gasteiger partial charge >= 0.3 is 0 Å². The smallest absolute Gasteiger partial charge is 0.260 e. The lowest BCUT2D eigenvalue weighted by molar-refractivity contribution is 0.394. The van der Waals surface area contributed by atoms with E-state index in [-0.39, 0.29) is 11.1 Å². The second-order valence-electron chi connectivity index (χ2n) is 4.89. The van der Waals surface area contributed by atoms with Crippen molar-refractivity contribution in [3.8, 4) is 0 Å². The largest absolute Gasteiger partial charge is 0.332 e. The van der Waals surface area contributed by atoms with E-state index in [1.54, 1.807) is 19.3 Å². The van der Waals surface area contributed by atoms with Crippen molar-refractivity contribution in [3.05, 3.63) is 42.1 Å². The molecule has 0 aliphatic carbocycles. The standard InChI is InChI=1S/C13H16N4O2S/c1-10-15-9-13(16-10)20(18,19)17-7-3-5-12(17)11-4-2-6-14-8-11/h2,4,6,8-9,12H,3,5,7H2,1H3,(H,15,16). The number of aryl methyl sites for hydroxylation is 1. The van der Waals surface area contributed by atoms with Crippen LogP contribution in [0.1, 0.15) is 30.3 Å². The molecule has 1 unspecified atom stereocenters. The number of sulfonamides is 1. The number of aromatic amines is 1. The Labute approximate surface area is 117 Å². The molecule has 106 valence electrons. The fraction of sp³-hybridized carbons (Fsp3) is 0.385. The summed E-state index contributed by atoms with van der Waals surface area (Å²) in [6.45, 7) is 2.27. The first-order chi connectivity index (χ1) is 9.59. The van der Waals surface area contributed by atoms with Crippen LogP contribution in [0, 0.1) is 6.92 Å². The van der Waals surface area contributed by atoms with Crippen molar-refractivity contribution in [1.82, 2.24) is 19.3 Å². The highest BCUT2D eigenvalue weighted by atomic mass is 32.2. The molecule has 3 heterocycles. The second kappa shape index (κ2) is 4.99. The first-order valence-electron chi connectivity index (χ1n) is 6.52. The Morgan fingerprint density at radius 2 is 2.25 bits per heavy atom. The third kappa shape index (κ3) is 2.23. The van der Waals surface area contributed by atoms with Crippen molar-refractivity contribution in [2.24, 2.45) is 0 Å². The van der Waals surface area contributed by atoms with E-state index in [1.165, 1.54) is 10.5 Å². The lowest BCUT2D eigenvalue weighted by Gasteiger charge is -2.23. The van der Waals surface area contributed by atoms with Gasteiger partial charge in [-0.2, -0.15) is 4.31 Å². The first-order valence-corrected chi connectivity index (χ1v) is 7.96. The summed E-state index contributed by atoms with van der Waals surface area (Å²) in [7, 11) is -3.53. The van der Waals surface area contributed by atoms with Crippen LogP contribution in [-0.2, 0) is 10.0 Å². The van der Waals surface area contributed by atoms with Crippen LogP contribution in [0.3, 0.4) is 0 Å². The van der Waals surface area contributed by atoms with Crippen LogP contribution in [-0.4, -0.2) is 34.2 Å². The number of imidazole rings is 1. The summed E-state index contributed by atoms with van der Waals surface area (Å²) in [4.78, 5) is 10.9. The van der Waals surface area contributed by atoms with Crippen molar-refractivity contribution in [3.63, 3.8) is 0 Å². The third-order valence-corrected chi connectivity index (χ3v) is 5.36. The Balaban J connectivity index is 1.97. The molecule has 3 rings (SSSR count). The predicted octanol–water partition coefficient (Wildman–Crippen LogP) is 1.64. The van der Waals surface area contributed by atoms with Gasteiger partial charge in [-0.25, -0.2) is 13.4 Å². The number of nitrogens with zero attached hydrogens (tertiary/aromatic N) is 3. The molecule has 6 nitrogen and oxygen atoms in total. The van der Waals surface area contributed by atoms with Crippen molar-refractivity contribution in [2.75, 3.05) is 6.54 Å². The van der Waals surface area contributed by atoms with Gasteiger partial charge in [-0.05, 0) is 31.4 Å². The zero-order valence-electron chi connectivity index (χ0n) is 11.2. The minimum absolute atomic E-state index is 0.141. The molecular weight excluding hydrogens is 276 g/mol. The number of pyridine rings is 1. The molecule has 0 amide bonds. The van der Waals surface area contributed by atoms with Gasteiger partial charge < -0.3 is 4.98 Å². The molecule has 7 heteroatoms. The number of nitrogens with one attached hydrogen (secondary N) is 1. The average Bonchev–Trinajstić information content (AvgIpc) is 3.08. The van der Waals surface area contributed by atoms with E-state index < -0.39 is 10.0 Å². The Bertz CT molecular complexity index is 696. The minimum atomic E-state index is -3.53. The summed E-state index contributed by atoms with van der Waals surface area (Å²) in [6.07, 6.45) is 6.47. The molecule has 0 saturated carbocycles. The Morgan fingerprint density at radius 3 is 2.90 bits per heavy atom. The van der Waals surface area contributed by atoms with Crippen molar-refractivity contribution in [1.29, 1.82) is 0 Å². The molecule has 1 aliphatic rings. The molecule has 0 aromatic carbocycles. The molecule has 0 spiro atoms. The average molecular weight is 292 g/mol. The van der Waals surface area contributed by atoms with Gasteiger partial charge in [-0.15, -0.1) is 0 Å². The first kappa shape index (κ1) is 13.3. The lowest BCUT2D eigenvalue weighted by Crippen LogP contribution is -2.31. The summed E-state index contributed by atoms with van der Waals surface area (Å²) >= 11 is 0. The molecule has 0 bridgehead atoms. The van der Waals surface area contributed by atoms with Crippen molar-refractivity contribution in [2.45, 2.75) is 30.8 Å². The summed E-state index contributed by atoms with van der Waals surface area (Å²) in [5, 5.41) is 0.158. The molecule has 1 saturated heterocycles. The zero-order chi connectivity index (χ0) is 14.2. The topological polar surface area (TPSA) is 79.0 Å². The highest BCUT2D eigenvalue weighted by Gasteiger charge is 2.37. The van der Waals surface area contributed by atoms with E-state index >= 15 is 0 Å². The fourth-order valence-electron chi connectivity index (χ4n) is 2.59. The molecule has 1 atom stereocenters. The van der Waals surface area contributed by atoms with Gasteiger partial charge in [0.05, 0.1) is 12.2 Å². The molecule has 20 heavy (non-hydrogen) atoms. The zero-order valence-corrected chi connectivity index (χ0v) is 12.0. The molecule has 1 N–H and O–H groups in total. The van der Waals surface area contributed by atoms with Gasteiger partial charge in [0, 0.05) is 18.9 Å². The van der Waals surface area contributed by atoms with Crippen LogP contribution < -0.4 is 0 Å². The normalized spacial score (nSPS) is 20.4. The van der Waals surface area contributed by atoms with Crippen molar-refractivity contribution < 1.29 is 8.42 Å². The Kier molecular flexibility index (Phi) is 3.31. The summed E-state index contributed by atoms with van der Waals surface area (Å²) in [5.41, 5.74) is 0.935. The number of rotatable bonds is 3. The van der Waals surface area contributed by atoms with Crippen molar-refractivity contribution >= 4 is 10.0 Å². The minimum Gasteiger partial charge on any atom is -0.332 e. The highest BCUT2D eigenvalue weighted by Crippen LogP contribution is 2.35. The van der Waals surface area contributed by atoms with E-state index in [0.717, 1.165) is 18.4 Å². The maximum Gasteiger partial charge on any atom is 0.260 e. The van der Waals surface area contributed by atoms with Crippen LogP contribution in [0.5, 0.6) is 0 Å². The van der Waals surface area contributed by atoms with Gasteiger partial charge in [0.2, 0.25) is 0 Å². The Hall–Kier alpha value is -1.73. The molecule has 2 aromatic heterocycles. The third-order valence-electron chi connectivity index (χ3n) is 3.54. The summed E-state index contributed by atoms with van der Waals surface area (Å²) in [5.74, 6) is 0.598. The van der Waals surface area contributed by atoms with E-state index in [0.29, 0.717) is 12.4 Å².